The van der Waals surface area contributed by atoms with Crippen LogP contribution >= 0.6 is 15.9 Å². The maximum atomic E-state index is 11.6. The number of aromatic nitrogens is 1. The number of halogens is 1. The molecule has 0 radical (unpaired) electrons. The van der Waals surface area contributed by atoms with E-state index in [0.717, 1.165) is 5.56 Å². The Morgan fingerprint density at radius 1 is 1.57 bits per heavy atom. The number of nitrogens with one attached hydrogen (secondary N) is 1. The van der Waals surface area contributed by atoms with Gasteiger partial charge in [0.05, 0.1) is 4.47 Å². The van der Waals surface area contributed by atoms with Crippen molar-refractivity contribution in [3.05, 3.63) is 22.3 Å². The first-order valence-electron chi connectivity index (χ1n) is 6.57. The number of nitrogen functional groups attached to an aromatic ring is 1. The van der Waals surface area contributed by atoms with Crippen LogP contribution in [0.1, 0.15) is 39.7 Å². The summed E-state index contributed by atoms with van der Waals surface area (Å²) in [6.45, 7) is 7.34. The van der Waals surface area contributed by atoms with E-state index in [1.165, 1.54) is 0 Å². The summed E-state index contributed by atoms with van der Waals surface area (Å²) >= 11 is 3.30. The molecule has 1 rings (SSSR count). The van der Waals surface area contributed by atoms with Gasteiger partial charge in [0, 0.05) is 24.2 Å². The fourth-order valence-electron chi connectivity index (χ4n) is 1.38. The molecule has 0 saturated heterocycles. The monoisotopic (exact) mass is 353 g/mol. The zero-order valence-electron chi connectivity index (χ0n) is 12.7. The van der Waals surface area contributed by atoms with Crippen LogP contribution in [0.4, 0.5) is 10.6 Å². The molecule has 0 aliphatic heterocycles. The first-order chi connectivity index (χ1) is 9.67. The Bertz CT molecular complexity index is 571. The zero-order valence-corrected chi connectivity index (χ0v) is 14.2. The highest BCUT2D eigenvalue weighted by Gasteiger charge is 2.17. The van der Waals surface area contributed by atoms with Gasteiger partial charge in [-0.15, -0.1) is 0 Å². The van der Waals surface area contributed by atoms with Crippen LogP contribution in [-0.2, 0) is 4.74 Å². The minimum Gasteiger partial charge on any atom is -0.444 e. The lowest BCUT2D eigenvalue weighted by Gasteiger charge is -2.21. The number of hydrogen-bond donors (Lipinski definition) is 2. The van der Waals surface area contributed by atoms with Gasteiger partial charge in [-0.25, -0.2) is 9.78 Å². The van der Waals surface area contributed by atoms with Gasteiger partial charge >= 0.3 is 6.09 Å². The third-order valence-corrected chi connectivity index (χ3v) is 2.91. The molecule has 0 fully saturated rings. The molecule has 1 aromatic heterocycles. The number of carbonyl (C=O) groups is 1. The second-order valence-corrected chi connectivity index (χ2v) is 6.50. The van der Waals surface area contributed by atoms with Gasteiger partial charge in [-0.2, -0.15) is 0 Å². The Labute approximate surface area is 133 Å². The molecule has 0 saturated carbocycles. The normalized spacial score (nSPS) is 12.0. The molecule has 1 aromatic rings. The van der Waals surface area contributed by atoms with E-state index in [9.17, 15) is 4.79 Å². The minimum absolute atomic E-state index is 0.0995. The molecular weight excluding hydrogens is 334 g/mol. The van der Waals surface area contributed by atoms with Crippen molar-refractivity contribution in [2.45, 2.75) is 45.8 Å². The molecule has 114 valence electrons. The maximum absolute atomic E-state index is 11.6. The quantitative estimate of drug-likeness (QED) is 0.801. The zero-order chi connectivity index (χ0) is 16.0. The molecule has 0 aromatic carbocycles. The summed E-state index contributed by atoms with van der Waals surface area (Å²) in [5, 5.41) is 2.73. The Kier molecular flexibility index (Phi) is 6.03. The molecule has 0 aliphatic carbocycles. The van der Waals surface area contributed by atoms with Crippen LogP contribution < -0.4 is 11.1 Å². The van der Waals surface area contributed by atoms with Gasteiger partial charge in [-0.1, -0.05) is 11.8 Å². The summed E-state index contributed by atoms with van der Waals surface area (Å²) < 4.78 is 5.89. The molecule has 0 aliphatic rings. The van der Waals surface area contributed by atoms with Gasteiger partial charge in [0.1, 0.15) is 11.4 Å². The average molecular weight is 354 g/mol. The highest BCUT2D eigenvalue weighted by molar-refractivity contribution is 9.10. The maximum Gasteiger partial charge on any atom is 0.407 e. The molecule has 1 atom stereocenters. The van der Waals surface area contributed by atoms with Crippen LogP contribution in [0.5, 0.6) is 0 Å². The first kappa shape index (κ1) is 17.3. The fraction of sp³-hybridized carbons (Fsp3) is 0.467. The van der Waals surface area contributed by atoms with Gasteiger partial charge in [0.2, 0.25) is 0 Å². The number of anilines is 1. The van der Waals surface area contributed by atoms with Crippen LogP contribution in [0.2, 0.25) is 0 Å². The number of pyridine rings is 1. The third-order valence-electron chi connectivity index (χ3n) is 2.27. The first-order valence-corrected chi connectivity index (χ1v) is 7.36. The highest BCUT2D eigenvalue weighted by Crippen LogP contribution is 2.16. The summed E-state index contributed by atoms with van der Waals surface area (Å²) in [5.74, 6) is 6.40. The van der Waals surface area contributed by atoms with Crippen molar-refractivity contribution in [2.75, 3.05) is 5.73 Å². The van der Waals surface area contributed by atoms with Crippen molar-refractivity contribution in [1.29, 1.82) is 0 Å². The Morgan fingerprint density at radius 3 is 2.81 bits per heavy atom. The van der Waals surface area contributed by atoms with Crippen LogP contribution in [0, 0.1) is 11.8 Å². The molecule has 0 unspecified atom stereocenters. The average Bonchev–Trinajstić information content (AvgIpc) is 2.31. The number of ether oxygens (including phenoxy) is 1. The number of carbonyl (C=O) groups excluding carboxylic acids is 1. The van der Waals surface area contributed by atoms with Crippen LogP contribution in [0.15, 0.2) is 16.7 Å². The lowest BCUT2D eigenvalue weighted by Crippen LogP contribution is -2.37. The van der Waals surface area contributed by atoms with Gasteiger partial charge in [0.25, 0.3) is 0 Å². The van der Waals surface area contributed by atoms with Gasteiger partial charge in [0.15, 0.2) is 0 Å². The smallest absolute Gasteiger partial charge is 0.407 e. The number of nitrogens with two attached hydrogens (primary N) is 1. The third kappa shape index (κ3) is 7.00. The number of rotatable bonds is 2. The van der Waals surface area contributed by atoms with Crippen molar-refractivity contribution in [2.24, 2.45) is 0 Å². The minimum atomic E-state index is -0.503. The second kappa shape index (κ2) is 7.32. The largest absolute Gasteiger partial charge is 0.444 e. The standard InChI is InChI=1S/C15H20BrN3O2/c1-10(19-14(20)21-15(2,3)4)6-5-7-11-8-12(16)13(17)18-9-11/h8-10H,6H2,1-4H3,(H2,17,18)(H,19,20)/t10-/m0/s1. The molecular formula is C15H20BrN3O2. The molecule has 6 heteroatoms. The van der Waals surface area contributed by atoms with Gasteiger partial charge < -0.3 is 15.8 Å². The lowest BCUT2D eigenvalue weighted by molar-refractivity contribution is 0.0509. The fourth-order valence-corrected chi connectivity index (χ4v) is 1.73. The summed E-state index contributed by atoms with van der Waals surface area (Å²) in [4.78, 5) is 15.6. The van der Waals surface area contributed by atoms with Crippen LogP contribution in [0.3, 0.4) is 0 Å². The molecule has 21 heavy (non-hydrogen) atoms. The second-order valence-electron chi connectivity index (χ2n) is 5.64. The number of amides is 1. The topological polar surface area (TPSA) is 77.2 Å². The van der Waals surface area contributed by atoms with E-state index in [2.05, 4.69) is 38.1 Å². The molecule has 1 heterocycles. The predicted octanol–water partition coefficient (Wildman–Crippen LogP) is 3.08. The summed E-state index contributed by atoms with van der Waals surface area (Å²) in [5.41, 5.74) is 5.87. The number of hydrogen-bond acceptors (Lipinski definition) is 4. The van der Waals surface area contributed by atoms with E-state index < -0.39 is 11.7 Å². The van der Waals surface area contributed by atoms with Crippen LogP contribution in [-0.4, -0.2) is 22.7 Å². The Morgan fingerprint density at radius 2 is 2.24 bits per heavy atom. The van der Waals surface area contributed by atoms with E-state index in [4.69, 9.17) is 10.5 Å². The van der Waals surface area contributed by atoms with Crippen molar-refractivity contribution in [1.82, 2.24) is 10.3 Å². The summed E-state index contributed by atoms with van der Waals surface area (Å²) in [6.07, 6.45) is 1.69. The van der Waals surface area contributed by atoms with Crippen molar-refractivity contribution < 1.29 is 9.53 Å². The van der Waals surface area contributed by atoms with E-state index in [1.807, 2.05) is 27.7 Å². The molecule has 0 bridgehead atoms. The SMILES string of the molecule is C[C@@H](CC#Cc1cnc(N)c(Br)c1)NC(=O)OC(C)(C)C. The Balaban J connectivity index is 2.50. The van der Waals surface area contributed by atoms with E-state index in [1.54, 1.807) is 12.3 Å². The Hall–Kier alpha value is -1.74. The number of nitrogens with zero attached hydrogens (tertiary/aromatic N) is 1. The molecule has 5 nitrogen and oxygen atoms in total. The predicted molar refractivity (Wildman–Crippen MR) is 86.7 cm³/mol. The van der Waals surface area contributed by atoms with E-state index in [-0.39, 0.29) is 6.04 Å². The van der Waals surface area contributed by atoms with Crippen LogP contribution in [0.25, 0.3) is 0 Å². The molecule has 0 spiro atoms. The van der Waals surface area contributed by atoms with Gasteiger partial charge in [-0.05, 0) is 49.7 Å². The highest BCUT2D eigenvalue weighted by atomic mass is 79.9. The van der Waals surface area contributed by atoms with Gasteiger partial charge in [-0.3, -0.25) is 0 Å². The van der Waals surface area contributed by atoms with E-state index in [0.29, 0.717) is 16.7 Å². The van der Waals surface area contributed by atoms with Crippen molar-refractivity contribution in [3.8, 4) is 11.8 Å². The summed E-state index contributed by atoms with van der Waals surface area (Å²) in [6, 6.07) is 1.71. The molecule has 3 N–H and O–H groups in total. The lowest BCUT2D eigenvalue weighted by atomic mass is 10.2. The van der Waals surface area contributed by atoms with Crippen molar-refractivity contribution >= 4 is 27.8 Å². The summed E-state index contributed by atoms with van der Waals surface area (Å²) in [7, 11) is 0. The molecule has 1 amide bonds. The van der Waals surface area contributed by atoms with Crippen molar-refractivity contribution in [3.63, 3.8) is 0 Å². The number of alkyl carbamates (subject to hydrolysis) is 1. The van der Waals surface area contributed by atoms with E-state index >= 15 is 0 Å².